The molecule has 0 unspecified atom stereocenters. The third kappa shape index (κ3) is 2.26. The second kappa shape index (κ2) is 4.15. The third-order valence-electron chi connectivity index (χ3n) is 3.19. The Balaban J connectivity index is 2.13. The SMILES string of the molecule is N[C@]1(Cc2ccccc2)CCCCC1=O. The molecule has 80 valence electrons. The van der Waals surface area contributed by atoms with Gasteiger partial charge in [0.25, 0.3) is 0 Å². The van der Waals surface area contributed by atoms with E-state index in [0.29, 0.717) is 12.8 Å². The second-order valence-corrected chi connectivity index (χ2v) is 4.45. The molecule has 2 heteroatoms. The number of carbonyl (C=O) groups is 1. The van der Waals surface area contributed by atoms with E-state index in [2.05, 4.69) is 0 Å². The minimum Gasteiger partial charge on any atom is -0.319 e. The Labute approximate surface area is 90.5 Å². The average Bonchev–Trinajstić information content (AvgIpc) is 2.24. The summed E-state index contributed by atoms with van der Waals surface area (Å²) in [6.45, 7) is 0. The quantitative estimate of drug-likeness (QED) is 0.799. The van der Waals surface area contributed by atoms with Crippen molar-refractivity contribution in [3.63, 3.8) is 0 Å². The van der Waals surface area contributed by atoms with Crippen LogP contribution in [0.3, 0.4) is 0 Å². The van der Waals surface area contributed by atoms with Crippen LogP contribution in [0.1, 0.15) is 31.2 Å². The second-order valence-electron chi connectivity index (χ2n) is 4.45. The van der Waals surface area contributed by atoms with Gasteiger partial charge in [-0.2, -0.15) is 0 Å². The molecule has 0 radical (unpaired) electrons. The molecule has 2 N–H and O–H groups in total. The fraction of sp³-hybridized carbons (Fsp3) is 0.462. The fourth-order valence-corrected chi connectivity index (χ4v) is 2.26. The maximum atomic E-state index is 11.8. The maximum absolute atomic E-state index is 11.8. The van der Waals surface area contributed by atoms with Gasteiger partial charge in [-0.15, -0.1) is 0 Å². The van der Waals surface area contributed by atoms with Gasteiger partial charge in [-0.25, -0.2) is 0 Å². The Bertz CT molecular complexity index is 347. The summed E-state index contributed by atoms with van der Waals surface area (Å²) < 4.78 is 0. The van der Waals surface area contributed by atoms with E-state index in [9.17, 15) is 4.79 Å². The molecule has 1 atom stereocenters. The van der Waals surface area contributed by atoms with Crippen molar-refractivity contribution in [1.82, 2.24) is 0 Å². The first-order valence-electron chi connectivity index (χ1n) is 5.57. The minimum absolute atomic E-state index is 0.234. The maximum Gasteiger partial charge on any atom is 0.152 e. The molecule has 0 spiro atoms. The molecule has 1 aliphatic rings. The summed E-state index contributed by atoms with van der Waals surface area (Å²) in [6, 6.07) is 10.0. The normalized spacial score (nSPS) is 26.6. The molecule has 1 aliphatic carbocycles. The van der Waals surface area contributed by atoms with Gasteiger partial charge in [-0.05, 0) is 24.8 Å². The third-order valence-corrected chi connectivity index (χ3v) is 3.19. The van der Waals surface area contributed by atoms with E-state index < -0.39 is 5.54 Å². The van der Waals surface area contributed by atoms with Crippen molar-refractivity contribution < 1.29 is 4.79 Å². The molecule has 2 rings (SSSR count). The number of ketones is 1. The fourth-order valence-electron chi connectivity index (χ4n) is 2.26. The average molecular weight is 203 g/mol. The highest BCUT2D eigenvalue weighted by Gasteiger charge is 2.35. The molecule has 1 fully saturated rings. The predicted octanol–water partition coefficient (Wildman–Crippen LogP) is 2.07. The Morgan fingerprint density at radius 1 is 1.20 bits per heavy atom. The van der Waals surface area contributed by atoms with Crippen LogP contribution in [0.4, 0.5) is 0 Å². The zero-order chi connectivity index (χ0) is 10.7. The van der Waals surface area contributed by atoms with Crippen LogP contribution in [0.5, 0.6) is 0 Å². The Kier molecular flexibility index (Phi) is 2.87. The van der Waals surface area contributed by atoms with Gasteiger partial charge in [0.2, 0.25) is 0 Å². The first-order chi connectivity index (χ1) is 7.21. The van der Waals surface area contributed by atoms with E-state index in [1.165, 1.54) is 0 Å². The molecule has 0 amide bonds. The lowest BCUT2D eigenvalue weighted by Gasteiger charge is -2.31. The van der Waals surface area contributed by atoms with E-state index in [-0.39, 0.29) is 5.78 Å². The molecule has 0 saturated heterocycles. The molecular weight excluding hydrogens is 186 g/mol. The summed E-state index contributed by atoms with van der Waals surface area (Å²) in [6.07, 6.45) is 4.26. The zero-order valence-electron chi connectivity index (χ0n) is 8.91. The van der Waals surface area contributed by atoms with Crippen LogP contribution in [-0.4, -0.2) is 11.3 Å². The van der Waals surface area contributed by atoms with E-state index in [0.717, 1.165) is 24.8 Å². The summed E-state index contributed by atoms with van der Waals surface area (Å²) >= 11 is 0. The molecule has 0 bridgehead atoms. The molecule has 1 saturated carbocycles. The van der Waals surface area contributed by atoms with E-state index in [1.807, 2.05) is 30.3 Å². The number of benzene rings is 1. The number of rotatable bonds is 2. The highest BCUT2D eigenvalue weighted by molar-refractivity contribution is 5.89. The number of hydrogen-bond acceptors (Lipinski definition) is 2. The molecule has 1 aromatic rings. The summed E-state index contributed by atoms with van der Waals surface area (Å²) in [5.74, 6) is 0.234. The van der Waals surface area contributed by atoms with Crippen LogP contribution in [0, 0.1) is 0 Å². The lowest BCUT2D eigenvalue weighted by molar-refractivity contribution is -0.126. The summed E-state index contributed by atoms with van der Waals surface area (Å²) in [5, 5.41) is 0. The zero-order valence-corrected chi connectivity index (χ0v) is 8.91. The molecular formula is C13H17NO. The van der Waals surface area contributed by atoms with E-state index in [1.54, 1.807) is 0 Å². The van der Waals surface area contributed by atoms with Gasteiger partial charge in [0.05, 0.1) is 5.54 Å². The number of Topliss-reactive ketones (excluding diaryl/α,β-unsaturated/α-hetero) is 1. The molecule has 0 aliphatic heterocycles. The predicted molar refractivity (Wildman–Crippen MR) is 60.5 cm³/mol. The van der Waals surface area contributed by atoms with Crippen molar-refractivity contribution >= 4 is 5.78 Å². The monoisotopic (exact) mass is 203 g/mol. The molecule has 2 nitrogen and oxygen atoms in total. The van der Waals surface area contributed by atoms with Crippen LogP contribution >= 0.6 is 0 Å². The van der Waals surface area contributed by atoms with E-state index >= 15 is 0 Å². The lowest BCUT2D eigenvalue weighted by atomic mass is 9.77. The molecule has 0 heterocycles. The van der Waals surface area contributed by atoms with Gasteiger partial charge in [0, 0.05) is 6.42 Å². The molecule has 1 aromatic carbocycles. The summed E-state index contributed by atoms with van der Waals surface area (Å²) in [4.78, 5) is 11.8. The van der Waals surface area contributed by atoms with E-state index in [4.69, 9.17) is 5.73 Å². The van der Waals surface area contributed by atoms with Crippen LogP contribution in [0.15, 0.2) is 30.3 Å². The highest BCUT2D eigenvalue weighted by Crippen LogP contribution is 2.26. The Hall–Kier alpha value is -1.15. The van der Waals surface area contributed by atoms with Gasteiger partial charge in [-0.3, -0.25) is 4.79 Å². The van der Waals surface area contributed by atoms with Crippen molar-refractivity contribution in [1.29, 1.82) is 0 Å². The van der Waals surface area contributed by atoms with Gasteiger partial charge >= 0.3 is 0 Å². The van der Waals surface area contributed by atoms with Gasteiger partial charge in [0.15, 0.2) is 5.78 Å². The molecule has 15 heavy (non-hydrogen) atoms. The van der Waals surface area contributed by atoms with Gasteiger partial charge in [-0.1, -0.05) is 36.8 Å². The first-order valence-corrected chi connectivity index (χ1v) is 5.57. The van der Waals surface area contributed by atoms with Gasteiger partial charge < -0.3 is 5.73 Å². The van der Waals surface area contributed by atoms with Crippen LogP contribution in [0.2, 0.25) is 0 Å². The van der Waals surface area contributed by atoms with Crippen molar-refractivity contribution in [2.75, 3.05) is 0 Å². The lowest BCUT2D eigenvalue weighted by Crippen LogP contribution is -2.51. The highest BCUT2D eigenvalue weighted by atomic mass is 16.1. The topological polar surface area (TPSA) is 43.1 Å². The van der Waals surface area contributed by atoms with Crippen LogP contribution < -0.4 is 5.73 Å². The first kappa shape index (κ1) is 10.4. The summed E-state index contributed by atoms with van der Waals surface area (Å²) in [7, 11) is 0. The van der Waals surface area contributed by atoms with Crippen molar-refractivity contribution in [3.8, 4) is 0 Å². The van der Waals surface area contributed by atoms with Crippen LogP contribution in [0.25, 0.3) is 0 Å². The Morgan fingerprint density at radius 2 is 1.93 bits per heavy atom. The smallest absolute Gasteiger partial charge is 0.152 e. The van der Waals surface area contributed by atoms with Gasteiger partial charge in [0.1, 0.15) is 0 Å². The van der Waals surface area contributed by atoms with Crippen LogP contribution in [-0.2, 0) is 11.2 Å². The standard InChI is InChI=1S/C13H17NO/c14-13(9-5-4-8-12(13)15)10-11-6-2-1-3-7-11/h1-3,6-7H,4-5,8-10,14H2/t13-/m0/s1. The summed E-state index contributed by atoms with van der Waals surface area (Å²) in [5.41, 5.74) is 6.75. The number of carbonyl (C=O) groups excluding carboxylic acids is 1. The van der Waals surface area contributed by atoms with Crippen molar-refractivity contribution in [3.05, 3.63) is 35.9 Å². The number of nitrogens with two attached hydrogens (primary N) is 1. The van der Waals surface area contributed by atoms with Crippen molar-refractivity contribution in [2.45, 2.75) is 37.6 Å². The molecule has 0 aromatic heterocycles. The largest absolute Gasteiger partial charge is 0.319 e. The minimum atomic E-state index is -0.598. The number of hydrogen-bond donors (Lipinski definition) is 1. The Morgan fingerprint density at radius 3 is 2.60 bits per heavy atom. The van der Waals surface area contributed by atoms with Crippen molar-refractivity contribution in [2.24, 2.45) is 5.73 Å².